The molecule has 0 unspecified atom stereocenters. The number of hydrogen-bond donors (Lipinski definition) is 1. The van der Waals surface area contributed by atoms with Crippen LogP contribution in [0.25, 0.3) is 10.8 Å². The molecule has 0 aliphatic carbocycles. The third kappa shape index (κ3) is 6.77. The SMILES string of the molecule is C=CCn1c(COc2cccc3ccccc23)nnc1SCC(=O)Nc1cccc(C(=O)OC(C)C)c1. The predicted octanol–water partition coefficient (Wildman–Crippen LogP) is 5.49. The van der Waals surface area contributed by atoms with Gasteiger partial charge in [-0.15, -0.1) is 16.8 Å². The van der Waals surface area contributed by atoms with Crippen LogP contribution in [0.1, 0.15) is 30.0 Å². The Morgan fingerprint density at radius 1 is 1.08 bits per heavy atom. The molecule has 0 bridgehead atoms. The third-order valence-electron chi connectivity index (χ3n) is 5.27. The summed E-state index contributed by atoms with van der Waals surface area (Å²) in [6, 6.07) is 20.6. The molecule has 4 rings (SSSR count). The van der Waals surface area contributed by atoms with Crippen LogP contribution in [-0.4, -0.2) is 38.5 Å². The second kappa shape index (κ2) is 12.2. The monoisotopic (exact) mass is 516 g/mol. The van der Waals surface area contributed by atoms with E-state index in [0.717, 1.165) is 16.5 Å². The van der Waals surface area contributed by atoms with Crippen molar-refractivity contribution in [2.45, 2.75) is 38.3 Å². The number of carbonyl (C=O) groups excluding carboxylic acids is 2. The van der Waals surface area contributed by atoms with Crippen LogP contribution in [0.3, 0.4) is 0 Å². The number of nitrogens with one attached hydrogen (secondary N) is 1. The molecule has 1 heterocycles. The molecule has 8 nitrogen and oxygen atoms in total. The minimum atomic E-state index is -0.434. The van der Waals surface area contributed by atoms with E-state index in [2.05, 4.69) is 22.1 Å². The fourth-order valence-corrected chi connectivity index (χ4v) is 4.41. The number of nitrogens with zero attached hydrogens (tertiary/aromatic N) is 3. The van der Waals surface area contributed by atoms with Gasteiger partial charge in [-0.2, -0.15) is 0 Å². The number of aromatic nitrogens is 3. The molecule has 1 amide bonds. The first-order valence-corrected chi connectivity index (χ1v) is 12.8. The van der Waals surface area contributed by atoms with Crippen LogP contribution in [0.4, 0.5) is 5.69 Å². The molecule has 0 saturated carbocycles. The molecule has 1 aromatic heterocycles. The van der Waals surface area contributed by atoms with E-state index in [1.54, 1.807) is 44.2 Å². The van der Waals surface area contributed by atoms with Gasteiger partial charge in [0.1, 0.15) is 12.4 Å². The lowest BCUT2D eigenvalue weighted by Gasteiger charge is -2.11. The van der Waals surface area contributed by atoms with Crippen LogP contribution in [0.5, 0.6) is 5.75 Å². The van der Waals surface area contributed by atoms with Crippen LogP contribution >= 0.6 is 11.8 Å². The van der Waals surface area contributed by atoms with Gasteiger partial charge in [0.05, 0.1) is 17.4 Å². The van der Waals surface area contributed by atoms with E-state index in [-0.39, 0.29) is 24.4 Å². The zero-order chi connectivity index (χ0) is 26.2. The highest BCUT2D eigenvalue weighted by molar-refractivity contribution is 7.99. The van der Waals surface area contributed by atoms with E-state index < -0.39 is 5.97 Å². The summed E-state index contributed by atoms with van der Waals surface area (Å²) in [6.45, 7) is 8.09. The second-order valence-corrected chi connectivity index (χ2v) is 9.38. The van der Waals surface area contributed by atoms with Gasteiger partial charge in [-0.25, -0.2) is 4.79 Å². The van der Waals surface area contributed by atoms with Crippen molar-refractivity contribution in [1.29, 1.82) is 0 Å². The first-order chi connectivity index (χ1) is 17.9. The summed E-state index contributed by atoms with van der Waals surface area (Å²) in [7, 11) is 0. The van der Waals surface area contributed by atoms with E-state index in [9.17, 15) is 9.59 Å². The van der Waals surface area contributed by atoms with E-state index in [4.69, 9.17) is 9.47 Å². The molecule has 0 aliphatic heterocycles. The number of amides is 1. The fraction of sp³-hybridized carbons (Fsp3) is 0.214. The van der Waals surface area contributed by atoms with Crippen LogP contribution in [0.15, 0.2) is 84.5 Å². The Bertz CT molecular complexity index is 1410. The molecule has 0 atom stereocenters. The van der Waals surface area contributed by atoms with Gasteiger partial charge in [-0.3, -0.25) is 9.36 Å². The maximum atomic E-state index is 12.6. The van der Waals surface area contributed by atoms with E-state index >= 15 is 0 Å². The highest BCUT2D eigenvalue weighted by Crippen LogP contribution is 2.26. The van der Waals surface area contributed by atoms with Crippen molar-refractivity contribution in [3.8, 4) is 5.75 Å². The Kier molecular flexibility index (Phi) is 8.58. The molecule has 0 fully saturated rings. The Morgan fingerprint density at radius 2 is 1.86 bits per heavy atom. The highest BCUT2D eigenvalue weighted by Gasteiger charge is 2.16. The number of carbonyl (C=O) groups is 2. The summed E-state index contributed by atoms with van der Waals surface area (Å²) in [4.78, 5) is 24.7. The molecular weight excluding hydrogens is 488 g/mol. The summed E-state index contributed by atoms with van der Waals surface area (Å²) >= 11 is 1.26. The minimum Gasteiger partial charge on any atom is -0.485 e. The summed E-state index contributed by atoms with van der Waals surface area (Å²) in [5.74, 6) is 0.837. The number of hydrogen-bond acceptors (Lipinski definition) is 7. The molecule has 0 saturated heterocycles. The third-order valence-corrected chi connectivity index (χ3v) is 6.24. The van der Waals surface area contributed by atoms with Gasteiger partial charge in [0.2, 0.25) is 5.91 Å². The van der Waals surface area contributed by atoms with Crippen LogP contribution in [-0.2, 0) is 22.7 Å². The number of rotatable bonds is 11. The molecule has 1 N–H and O–H groups in total. The average molecular weight is 517 g/mol. The summed E-state index contributed by atoms with van der Waals surface area (Å²) in [6.07, 6.45) is 1.52. The van der Waals surface area contributed by atoms with Gasteiger partial charge >= 0.3 is 5.97 Å². The average Bonchev–Trinajstić information content (AvgIpc) is 3.27. The zero-order valence-electron chi connectivity index (χ0n) is 20.7. The van der Waals surface area contributed by atoms with Crippen molar-refractivity contribution in [2.75, 3.05) is 11.1 Å². The predicted molar refractivity (Wildman–Crippen MR) is 145 cm³/mol. The largest absolute Gasteiger partial charge is 0.485 e. The van der Waals surface area contributed by atoms with Crippen molar-refractivity contribution in [1.82, 2.24) is 14.8 Å². The van der Waals surface area contributed by atoms with Gasteiger partial charge in [-0.05, 0) is 43.5 Å². The van der Waals surface area contributed by atoms with Gasteiger partial charge < -0.3 is 14.8 Å². The summed E-state index contributed by atoms with van der Waals surface area (Å²) in [5.41, 5.74) is 0.890. The van der Waals surface area contributed by atoms with Gasteiger partial charge in [0.15, 0.2) is 11.0 Å². The van der Waals surface area contributed by atoms with Crippen molar-refractivity contribution >= 4 is 40.1 Å². The Morgan fingerprint density at radius 3 is 2.68 bits per heavy atom. The van der Waals surface area contributed by atoms with Crippen LogP contribution < -0.4 is 10.1 Å². The molecular formula is C28H28N4O4S. The lowest BCUT2D eigenvalue weighted by molar-refractivity contribution is -0.113. The van der Waals surface area contributed by atoms with E-state index in [1.165, 1.54) is 11.8 Å². The molecule has 0 aliphatic rings. The molecule has 0 radical (unpaired) electrons. The highest BCUT2D eigenvalue weighted by atomic mass is 32.2. The molecule has 3 aromatic carbocycles. The normalized spacial score (nSPS) is 10.9. The van der Waals surface area contributed by atoms with Crippen molar-refractivity contribution in [2.24, 2.45) is 0 Å². The number of benzene rings is 3. The van der Waals surface area contributed by atoms with E-state index in [0.29, 0.717) is 28.8 Å². The molecule has 0 spiro atoms. The Hall–Kier alpha value is -4.11. The minimum absolute atomic E-state index is 0.111. The Balaban J connectivity index is 1.39. The first-order valence-electron chi connectivity index (χ1n) is 11.8. The molecule has 9 heteroatoms. The number of allylic oxidation sites excluding steroid dienone is 1. The maximum Gasteiger partial charge on any atom is 0.338 e. The molecule has 37 heavy (non-hydrogen) atoms. The van der Waals surface area contributed by atoms with Gasteiger partial charge in [0.25, 0.3) is 0 Å². The topological polar surface area (TPSA) is 95.3 Å². The summed E-state index contributed by atoms with van der Waals surface area (Å²) < 4.78 is 13.2. The van der Waals surface area contributed by atoms with Crippen molar-refractivity contribution < 1.29 is 19.1 Å². The van der Waals surface area contributed by atoms with Crippen molar-refractivity contribution in [3.63, 3.8) is 0 Å². The van der Waals surface area contributed by atoms with Crippen molar-refractivity contribution in [3.05, 3.63) is 90.8 Å². The number of thioether (sulfide) groups is 1. The zero-order valence-corrected chi connectivity index (χ0v) is 21.5. The number of fused-ring (bicyclic) bond motifs is 1. The quantitative estimate of drug-likeness (QED) is 0.160. The number of anilines is 1. The molecule has 4 aromatic rings. The maximum absolute atomic E-state index is 12.6. The lowest BCUT2D eigenvalue weighted by atomic mass is 10.1. The summed E-state index contributed by atoms with van der Waals surface area (Å²) in [5, 5.41) is 14.1. The standard InChI is InChI=1S/C28H28N4O4S/c1-4-15-32-25(17-35-24-14-8-10-20-9-5-6-13-23(20)24)30-31-28(32)37-18-26(33)29-22-12-7-11-21(16-22)27(34)36-19(2)3/h4-14,16,19H,1,15,17-18H2,2-3H3,(H,29,33). The van der Waals surface area contributed by atoms with E-state index in [1.807, 2.05) is 47.0 Å². The number of esters is 1. The second-order valence-electron chi connectivity index (χ2n) is 8.44. The van der Waals surface area contributed by atoms with Gasteiger partial charge in [-0.1, -0.05) is 60.3 Å². The van der Waals surface area contributed by atoms with Gasteiger partial charge in [0, 0.05) is 17.6 Å². The lowest BCUT2D eigenvalue weighted by Crippen LogP contribution is -2.16. The Labute approximate surface area is 219 Å². The smallest absolute Gasteiger partial charge is 0.338 e. The number of ether oxygens (including phenoxy) is 2. The van der Waals surface area contributed by atoms with Crippen LogP contribution in [0, 0.1) is 0 Å². The van der Waals surface area contributed by atoms with Crippen LogP contribution in [0.2, 0.25) is 0 Å². The first kappa shape index (κ1) is 26.0. The fourth-order valence-electron chi connectivity index (χ4n) is 3.64. The molecule has 190 valence electrons.